The number of rotatable bonds is 4. The van der Waals surface area contributed by atoms with Gasteiger partial charge in [0, 0.05) is 60.2 Å². The molecular formula is C34H39ClFN7O3. The van der Waals surface area contributed by atoms with E-state index < -0.39 is 23.1 Å². The highest BCUT2D eigenvalue weighted by Gasteiger charge is 2.35. The number of likely N-dealkylation sites (tertiary alicyclic amines) is 1. The number of carbonyl (C=O) groups is 1. The molecule has 2 aliphatic heterocycles. The van der Waals surface area contributed by atoms with Crippen LogP contribution in [-0.2, 0) is 11.3 Å². The van der Waals surface area contributed by atoms with Crippen molar-refractivity contribution in [1.29, 1.82) is 5.26 Å². The number of nitrogens with zero attached hydrogens (tertiary/aromatic N) is 6. The topological polar surface area (TPSA) is 110 Å². The molecule has 6 rings (SSSR count). The lowest BCUT2D eigenvalue weighted by Crippen LogP contribution is -2.55. The molecule has 12 heteroatoms. The second-order valence-corrected chi connectivity index (χ2v) is 13.9. The molecule has 4 aromatic rings. The summed E-state index contributed by atoms with van der Waals surface area (Å²) in [4.78, 5) is 33.0. The van der Waals surface area contributed by atoms with Gasteiger partial charge in [-0.05, 0) is 78.7 Å². The number of aryl methyl sites for hydroxylation is 1. The van der Waals surface area contributed by atoms with Crippen LogP contribution in [0.1, 0.15) is 51.7 Å². The Hall–Kier alpha value is -4.14. The van der Waals surface area contributed by atoms with Gasteiger partial charge in [0.2, 0.25) is 0 Å². The Balaban J connectivity index is 1.57. The van der Waals surface area contributed by atoms with E-state index in [2.05, 4.69) is 21.2 Å². The number of nitriles is 1. The summed E-state index contributed by atoms with van der Waals surface area (Å²) < 4.78 is 24.4. The Morgan fingerprint density at radius 3 is 2.63 bits per heavy atom. The van der Waals surface area contributed by atoms with Gasteiger partial charge >= 0.3 is 6.09 Å². The number of ether oxygens (including phenoxy) is 1. The fourth-order valence-corrected chi connectivity index (χ4v) is 7.28. The molecule has 46 heavy (non-hydrogen) atoms. The third-order valence-corrected chi connectivity index (χ3v) is 9.54. The van der Waals surface area contributed by atoms with Gasteiger partial charge in [-0.15, -0.1) is 0 Å². The Morgan fingerprint density at radius 2 is 1.98 bits per heavy atom. The quantitative estimate of drug-likeness (QED) is 0.287. The van der Waals surface area contributed by atoms with Crippen molar-refractivity contribution >= 4 is 45.2 Å². The normalized spacial score (nSPS) is 19.3. The van der Waals surface area contributed by atoms with Crippen LogP contribution in [0.4, 0.5) is 14.9 Å². The number of piperazine rings is 1. The highest BCUT2D eigenvalue weighted by molar-refractivity contribution is 6.35. The molecule has 1 N–H and O–H groups in total. The van der Waals surface area contributed by atoms with Crippen molar-refractivity contribution in [2.75, 3.05) is 38.1 Å². The molecule has 2 saturated heterocycles. The molecule has 0 aliphatic carbocycles. The van der Waals surface area contributed by atoms with Crippen molar-refractivity contribution in [3.8, 4) is 17.2 Å². The number of aromatic amines is 1. The number of hydrogen-bond acceptors (Lipinski definition) is 7. The minimum atomic E-state index is -0.652. The maximum atomic E-state index is 17.4. The van der Waals surface area contributed by atoms with Crippen LogP contribution in [0.3, 0.4) is 0 Å². The zero-order chi connectivity index (χ0) is 33.1. The molecule has 0 spiro atoms. The first-order valence-electron chi connectivity index (χ1n) is 15.7. The van der Waals surface area contributed by atoms with Crippen LogP contribution >= 0.6 is 11.6 Å². The second kappa shape index (κ2) is 11.9. The minimum Gasteiger partial charge on any atom is -0.444 e. The first-order valence-corrected chi connectivity index (χ1v) is 16.0. The van der Waals surface area contributed by atoms with Crippen LogP contribution in [0, 0.1) is 24.1 Å². The van der Waals surface area contributed by atoms with E-state index in [9.17, 15) is 14.9 Å². The van der Waals surface area contributed by atoms with E-state index in [-0.39, 0.29) is 40.3 Å². The number of fused-ring (bicyclic) bond motifs is 2. The summed E-state index contributed by atoms with van der Waals surface area (Å²) in [6.07, 6.45) is 3.04. The first-order chi connectivity index (χ1) is 21.8. The molecule has 2 fully saturated rings. The molecule has 4 heterocycles. The number of benzene rings is 2. The van der Waals surface area contributed by atoms with Crippen molar-refractivity contribution in [3.05, 3.63) is 56.7 Å². The monoisotopic (exact) mass is 647 g/mol. The van der Waals surface area contributed by atoms with Crippen LogP contribution in [0.15, 0.2) is 29.2 Å². The van der Waals surface area contributed by atoms with Crippen LogP contribution < -0.4 is 10.5 Å². The molecule has 242 valence electrons. The largest absolute Gasteiger partial charge is 0.444 e. The Bertz CT molecular complexity index is 1960. The lowest BCUT2D eigenvalue weighted by Gasteiger charge is -2.41. The predicted molar refractivity (Wildman–Crippen MR) is 178 cm³/mol. The number of H-pyrrole nitrogens is 1. The van der Waals surface area contributed by atoms with Crippen LogP contribution in [0.25, 0.3) is 32.9 Å². The van der Waals surface area contributed by atoms with E-state index >= 15 is 4.39 Å². The average molecular weight is 648 g/mol. The Morgan fingerprint density at radius 1 is 1.22 bits per heavy atom. The van der Waals surface area contributed by atoms with Gasteiger partial charge in [-0.3, -0.25) is 9.89 Å². The van der Waals surface area contributed by atoms with Gasteiger partial charge in [0.1, 0.15) is 17.2 Å². The fraction of sp³-hybridized carbons (Fsp3) is 0.471. The minimum absolute atomic E-state index is 0.00765. The van der Waals surface area contributed by atoms with E-state index in [1.807, 2.05) is 58.7 Å². The third-order valence-electron chi connectivity index (χ3n) is 9.24. The number of aromatic nitrogens is 3. The number of halogens is 2. The summed E-state index contributed by atoms with van der Waals surface area (Å²) in [5.74, 6) is -0.622. The maximum absolute atomic E-state index is 17.4. The zero-order valence-electron chi connectivity index (χ0n) is 27.1. The summed E-state index contributed by atoms with van der Waals surface area (Å²) in [5, 5.41) is 18.8. The van der Waals surface area contributed by atoms with Crippen molar-refractivity contribution in [1.82, 2.24) is 24.6 Å². The van der Waals surface area contributed by atoms with Crippen molar-refractivity contribution < 1.29 is 13.9 Å². The molecule has 2 aromatic heterocycles. The van der Waals surface area contributed by atoms with Crippen molar-refractivity contribution in [2.45, 2.75) is 71.7 Å². The maximum Gasteiger partial charge on any atom is 0.410 e. The van der Waals surface area contributed by atoms with E-state index in [1.54, 1.807) is 17.2 Å². The number of nitrogens with one attached hydrogen (secondary N) is 1. The highest BCUT2D eigenvalue weighted by atomic mass is 35.5. The van der Waals surface area contributed by atoms with Gasteiger partial charge in [-0.25, -0.2) is 9.18 Å². The molecule has 0 saturated carbocycles. The second-order valence-electron chi connectivity index (χ2n) is 13.5. The molecule has 0 radical (unpaired) electrons. The lowest BCUT2D eigenvalue weighted by molar-refractivity contribution is 0.0159. The van der Waals surface area contributed by atoms with E-state index in [0.29, 0.717) is 41.7 Å². The fourth-order valence-electron chi connectivity index (χ4n) is 6.99. The van der Waals surface area contributed by atoms with Gasteiger partial charge in [-0.2, -0.15) is 10.4 Å². The van der Waals surface area contributed by atoms with Crippen molar-refractivity contribution in [3.63, 3.8) is 0 Å². The van der Waals surface area contributed by atoms with Crippen LogP contribution in [0.5, 0.6) is 0 Å². The third kappa shape index (κ3) is 5.47. The van der Waals surface area contributed by atoms with E-state index in [4.69, 9.17) is 16.3 Å². The summed E-state index contributed by atoms with van der Waals surface area (Å²) in [6, 6.07) is 7.30. The summed E-state index contributed by atoms with van der Waals surface area (Å²) in [5.41, 5.74) is 1.50. The van der Waals surface area contributed by atoms with Gasteiger partial charge in [0.25, 0.3) is 5.56 Å². The molecule has 1 unspecified atom stereocenters. The van der Waals surface area contributed by atoms with E-state index in [1.165, 1.54) is 4.57 Å². The Kier molecular flexibility index (Phi) is 8.23. The Labute approximate surface area is 272 Å². The summed E-state index contributed by atoms with van der Waals surface area (Å²) in [6.45, 7) is 11.3. The molecular weight excluding hydrogens is 609 g/mol. The van der Waals surface area contributed by atoms with Gasteiger partial charge in [0.05, 0.1) is 27.9 Å². The number of carbonyl (C=O) groups excluding carboxylic acids is 1. The molecule has 0 bridgehead atoms. The number of anilines is 1. The van der Waals surface area contributed by atoms with Gasteiger partial charge in [0.15, 0.2) is 5.82 Å². The molecule has 2 aromatic carbocycles. The highest BCUT2D eigenvalue weighted by Crippen LogP contribution is 2.43. The van der Waals surface area contributed by atoms with Gasteiger partial charge in [-0.1, -0.05) is 17.7 Å². The molecule has 1 amide bonds. The van der Waals surface area contributed by atoms with Crippen LogP contribution in [-0.4, -0.2) is 81.6 Å². The lowest BCUT2D eigenvalue weighted by atomic mass is 9.94. The van der Waals surface area contributed by atoms with Crippen molar-refractivity contribution in [2.24, 2.45) is 0 Å². The number of likely N-dealkylation sites (N-methyl/N-ethyl adjacent to an activating group) is 1. The van der Waals surface area contributed by atoms with Crippen LogP contribution in [0.2, 0.25) is 5.02 Å². The first kappa shape index (κ1) is 31.8. The van der Waals surface area contributed by atoms with Gasteiger partial charge < -0.3 is 24.0 Å². The van der Waals surface area contributed by atoms with E-state index in [0.717, 1.165) is 30.5 Å². The molecule has 10 nitrogen and oxygen atoms in total. The molecule has 2 atom stereocenters. The number of hydrogen-bond donors (Lipinski definition) is 1. The summed E-state index contributed by atoms with van der Waals surface area (Å²) in [7, 11) is 2.00. The number of pyridine rings is 1. The zero-order valence-corrected chi connectivity index (χ0v) is 27.8. The predicted octanol–water partition coefficient (Wildman–Crippen LogP) is 6.06. The molecule has 2 aliphatic rings. The number of amides is 1. The summed E-state index contributed by atoms with van der Waals surface area (Å²) >= 11 is 6.99. The SMILES string of the molecule is Cc1ccc2[nH]ncc2c1-c1c(Cl)cc2c(N3CCN(C(=O)OC(C)(C)C)[C@H](C)C3)c(C#N)c(=O)n(CC3CCCN3C)c2c1F. The average Bonchev–Trinajstić information content (AvgIpc) is 3.62. The standard InChI is InChI=1S/C34H39ClFN7O3/c1-19-9-10-26-24(16-38-39-26)27(19)28-25(35)14-22-30(41-12-13-42(20(2)17-41)33(45)46-34(3,4)5)23(15-37)32(44)43(31(22)29(28)36)18-21-8-7-11-40(21)6/h9-10,14,16,20-21H,7-8,11-13,17-18H2,1-6H3,(H,38,39)/t20-,21?/m1/s1. The smallest absolute Gasteiger partial charge is 0.410 e.